The summed E-state index contributed by atoms with van der Waals surface area (Å²) in [6, 6.07) is 0. The molecular formula is C8H16ClNO2. The molecule has 1 heterocycles. The first-order valence-corrected chi connectivity index (χ1v) is 3.96. The molecule has 1 aliphatic heterocycles. The SMILES string of the molecule is CC(=O)OCC1(C)CCNC1.Cl. The summed E-state index contributed by atoms with van der Waals surface area (Å²) in [5, 5.41) is 3.25. The average molecular weight is 194 g/mol. The molecule has 12 heavy (non-hydrogen) atoms. The lowest BCUT2D eigenvalue weighted by molar-refractivity contribution is -0.143. The van der Waals surface area contributed by atoms with Crippen LogP contribution in [0.4, 0.5) is 0 Å². The predicted octanol–water partition coefficient (Wildman–Crippen LogP) is 0.971. The van der Waals surface area contributed by atoms with Gasteiger partial charge in [0.15, 0.2) is 0 Å². The van der Waals surface area contributed by atoms with Crippen LogP contribution in [0.3, 0.4) is 0 Å². The van der Waals surface area contributed by atoms with E-state index in [2.05, 4.69) is 12.2 Å². The predicted molar refractivity (Wildman–Crippen MR) is 49.5 cm³/mol. The molecule has 72 valence electrons. The number of carbonyl (C=O) groups is 1. The zero-order valence-electron chi connectivity index (χ0n) is 7.55. The van der Waals surface area contributed by atoms with Gasteiger partial charge in [-0.1, -0.05) is 6.92 Å². The van der Waals surface area contributed by atoms with Crippen LogP contribution < -0.4 is 5.32 Å². The maximum absolute atomic E-state index is 10.5. The van der Waals surface area contributed by atoms with Gasteiger partial charge >= 0.3 is 5.97 Å². The standard InChI is InChI=1S/C8H15NO2.ClH/c1-7(10)11-6-8(2)3-4-9-5-8;/h9H,3-6H2,1-2H3;1H. The van der Waals surface area contributed by atoms with Crippen LogP contribution in [-0.2, 0) is 9.53 Å². The number of nitrogens with one attached hydrogen (secondary N) is 1. The summed E-state index contributed by atoms with van der Waals surface area (Å²) in [6.45, 7) is 6.13. The van der Waals surface area contributed by atoms with Crippen LogP contribution in [0.2, 0.25) is 0 Å². The molecule has 0 radical (unpaired) electrons. The summed E-state index contributed by atoms with van der Waals surface area (Å²) in [6.07, 6.45) is 1.10. The maximum atomic E-state index is 10.5. The maximum Gasteiger partial charge on any atom is 0.302 e. The van der Waals surface area contributed by atoms with Gasteiger partial charge in [-0.25, -0.2) is 0 Å². The van der Waals surface area contributed by atoms with Crippen molar-refractivity contribution in [3.8, 4) is 0 Å². The third-order valence-electron chi connectivity index (χ3n) is 2.08. The van der Waals surface area contributed by atoms with Gasteiger partial charge in [-0.3, -0.25) is 4.79 Å². The summed E-state index contributed by atoms with van der Waals surface area (Å²) in [5.41, 5.74) is 0.172. The zero-order valence-corrected chi connectivity index (χ0v) is 8.37. The Labute approximate surface area is 79.3 Å². The van der Waals surface area contributed by atoms with Crippen molar-refractivity contribution in [2.75, 3.05) is 19.7 Å². The summed E-state index contributed by atoms with van der Waals surface area (Å²) < 4.78 is 4.95. The highest BCUT2D eigenvalue weighted by Crippen LogP contribution is 2.24. The van der Waals surface area contributed by atoms with Crippen molar-refractivity contribution >= 4 is 18.4 Å². The number of ether oxygens (including phenoxy) is 1. The van der Waals surface area contributed by atoms with Crippen LogP contribution in [-0.4, -0.2) is 25.7 Å². The normalized spacial score (nSPS) is 27.8. The minimum atomic E-state index is -0.182. The minimum absolute atomic E-state index is 0. The molecule has 1 atom stereocenters. The number of carbonyl (C=O) groups excluding carboxylic acids is 1. The van der Waals surface area contributed by atoms with Gasteiger partial charge in [-0.05, 0) is 13.0 Å². The van der Waals surface area contributed by atoms with Crippen molar-refractivity contribution in [2.45, 2.75) is 20.3 Å². The molecule has 0 aromatic rings. The Hall–Kier alpha value is -0.280. The Morgan fingerprint density at radius 3 is 2.75 bits per heavy atom. The van der Waals surface area contributed by atoms with E-state index in [-0.39, 0.29) is 23.8 Å². The lowest BCUT2D eigenvalue weighted by atomic mass is 9.91. The van der Waals surface area contributed by atoms with Gasteiger partial charge in [-0.2, -0.15) is 0 Å². The molecule has 0 aliphatic carbocycles. The molecule has 4 heteroatoms. The van der Waals surface area contributed by atoms with Crippen molar-refractivity contribution in [1.29, 1.82) is 0 Å². The molecule has 0 amide bonds. The molecule has 1 rings (SSSR count). The van der Waals surface area contributed by atoms with Gasteiger partial charge in [0, 0.05) is 18.9 Å². The molecule has 0 aromatic carbocycles. The third-order valence-corrected chi connectivity index (χ3v) is 2.08. The lowest BCUT2D eigenvalue weighted by Crippen LogP contribution is -2.26. The molecule has 1 fully saturated rings. The highest BCUT2D eigenvalue weighted by atomic mass is 35.5. The number of halogens is 1. The number of esters is 1. The lowest BCUT2D eigenvalue weighted by Gasteiger charge is -2.21. The molecule has 3 nitrogen and oxygen atoms in total. The Morgan fingerprint density at radius 2 is 2.33 bits per heavy atom. The molecule has 0 spiro atoms. The molecule has 0 saturated carbocycles. The average Bonchev–Trinajstić information content (AvgIpc) is 2.33. The van der Waals surface area contributed by atoms with Crippen molar-refractivity contribution in [3.05, 3.63) is 0 Å². The summed E-state index contributed by atoms with van der Waals surface area (Å²) in [5.74, 6) is -0.182. The second-order valence-electron chi connectivity index (χ2n) is 3.52. The van der Waals surface area contributed by atoms with Crippen molar-refractivity contribution in [2.24, 2.45) is 5.41 Å². The molecular weight excluding hydrogens is 178 g/mol. The highest BCUT2D eigenvalue weighted by molar-refractivity contribution is 5.85. The molecule has 1 aliphatic rings. The van der Waals surface area contributed by atoms with E-state index in [1.165, 1.54) is 6.92 Å². The number of hydrogen-bond donors (Lipinski definition) is 1. The first-order valence-electron chi connectivity index (χ1n) is 3.96. The van der Waals surface area contributed by atoms with Crippen LogP contribution in [0, 0.1) is 5.41 Å². The minimum Gasteiger partial charge on any atom is -0.465 e. The topological polar surface area (TPSA) is 38.3 Å². The number of hydrogen-bond acceptors (Lipinski definition) is 3. The van der Waals surface area contributed by atoms with E-state index in [0.717, 1.165) is 19.5 Å². The molecule has 0 aromatic heterocycles. The molecule has 1 unspecified atom stereocenters. The second-order valence-corrected chi connectivity index (χ2v) is 3.52. The van der Waals surface area contributed by atoms with E-state index in [1.54, 1.807) is 0 Å². The monoisotopic (exact) mass is 193 g/mol. The fourth-order valence-corrected chi connectivity index (χ4v) is 1.27. The van der Waals surface area contributed by atoms with Gasteiger partial charge in [-0.15, -0.1) is 12.4 Å². The number of rotatable bonds is 2. The Morgan fingerprint density at radius 1 is 1.67 bits per heavy atom. The van der Waals surface area contributed by atoms with E-state index < -0.39 is 0 Å². The third kappa shape index (κ3) is 3.41. The van der Waals surface area contributed by atoms with Gasteiger partial charge < -0.3 is 10.1 Å². The zero-order chi connectivity index (χ0) is 8.32. The summed E-state index contributed by atoms with van der Waals surface area (Å²) >= 11 is 0. The van der Waals surface area contributed by atoms with Gasteiger partial charge in [0.1, 0.15) is 0 Å². The van der Waals surface area contributed by atoms with E-state index >= 15 is 0 Å². The van der Waals surface area contributed by atoms with Gasteiger partial charge in [0.05, 0.1) is 6.61 Å². The van der Waals surface area contributed by atoms with E-state index in [1.807, 2.05) is 0 Å². The van der Waals surface area contributed by atoms with Crippen molar-refractivity contribution < 1.29 is 9.53 Å². The summed E-state index contributed by atoms with van der Waals surface area (Å²) in [7, 11) is 0. The Bertz CT molecular complexity index is 155. The summed E-state index contributed by atoms with van der Waals surface area (Å²) in [4.78, 5) is 10.5. The largest absolute Gasteiger partial charge is 0.465 e. The Kier molecular flexibility index (Phi) is 4.57. The smallest absolute Gasteiger partial charge is 0.302 e. The first-order chi connectivity index (χ1) is 5.12. The fraction of sp³-hybridized carbons (Fsp3) is 0.875. The Balaban J connectivity index is 0.00000121. The van der Waals surface area contributed by atoms with Crippen LogP contribution >= 0.6 is 12.4 Å². The molecule has 1 saturated heterocycles. The van der Waals surface area contributed by atoms with Crippen LogP contribution in [0.5, 0.6) is 0 Å². The quantitative estimate of drug-likeness (QED) is 0.665. The van der Waals surface area contributed by atoms with Gasteiger partial charge in [0.25, 0.3) is 0 Å². The van der Waals surface area contributed by atoms with E-state index in [0.29, 0.717) is 6.61 Å². The van der Waals surface area contributed by atoms with Crippen molar-refractivity contribution in [3.63, 3.8) is 0 Å². The van der Waals surface area contributed by atoms with E-state index in [9.17, 15) is 4.79 Å². The second kappa shape index (κ2) is 4.67. The van der Waals surface area contributed by atoms with Crippen LogP contribution in [0.15, 0.2) is 0 Å². The van der Waals surface area contributed by atoms with E-state index in [4.69, 9.17) is 4.74 Å². The highest BCUT2D eigenvalue weighted by Gasteiger charge is 2.29. The fourth-order valence-electron chi connectivity index (χ4n) is 1.27. The van der Waals surface area contributed by atoms with Crippen molar-refractivity contribution in [1.82, 2.24) is 5.32 Å². The molecule has 0 bridgehead atoms. The van der Waals surface area contributed by atoms with Gasteiger partial charge in [0.2, 0.25) is 0 Å². The van der Waals surface area contributed by atoms with Crippen LogP contribution in [0.25, 0.3) is 0 Å². The van der Waals surface area contributed by atoms with Crippen LogP contribution in [0.1, 0.15) is 20.3 Å². The molecule has 1 N–H and O–H groups in total. The first kappa shape index (κ1) is 11.7.